The van der Waals surface area contributed by atoms with Gasteiger partial charge in [-0.1, -0.05) is 12.1 Å². The number of hydrogen-bond donors (Lipinski definition) is 1. The number of likely N-dealkylation sites (N-methyl/N-ethyl adjacent to an activating group) is 1. The van der Waals surface area contributed by atoms with Crippen LogP contribution in [0.3, 0.4) is 0 Å². The van der Waals surface area contributed by atoms with Crippen LogP contribution < -0.4 is 10.2 Å². The fraction of sp³-hybridized carbons (Fsp3) is 0.533. The molecular formula is C15H24N2O2. The maximum atomic E-state index is 11.7. The van der Waals surface area contributed by atoms with Crippen molar-refractivity contribution in [3.05, 3.63) is 29.8 Å². The van der Waals surface area contributed by atoms with Gasteiger partial charge in [-0.3, -0.25) is 4.79 Å². The molecule has 0 heterocycles. The van der Waals surface area contributed by atoms with Gasteiger partial charge in [-0.15, -0.1) is 0 Å². The summed E-state index contributed by atoms with van der Waals surface area (Å²) in [7, 11) is 3.82. The lowest BCUT2D eigenvalue weighted by molar-refractivity contribution is -0.145. The minimum absolute atomic E-state index is 0.178. The lowest BCUT2D eigenvalue weighted by Gasteiger charge is -2.22. The van der Waals surface area contributed by atoms with Gasteiger partial charge in [0.2, 0.25) is 0 Å². The monoisotopic (exact) mass is 264 g/mol. The van der Waals surface area contributed by atoms with E-state index in [-0.39, 0.29) is 12.0 Å². The molecule has 0 amide bonds. The summed E-state index contributed by atoms with van der Waals surface area (Å²) in [6.45, 7) is 5.12. The van der Waals surface area contributed by atoms with E-state index in [0.717, 1.165) is 13.0 Å². The Morgan fingerprint density at radius 3 is 2.79 bits per heavy atom. The first-order chi connectivity index (χ1) is 9.08. The van der Waals surface area contributed by atoms with Crippen molar-refractivity contribution in [2.24, 2.45) is 0 Å². The highest BCUT2D eigenvalue weighted by Gasteiger charge is 2.17. The van der Waals surface area contributed by atoms with Gasteiger partial charge in [0.15, 0.2) is 0 Å². The largest absolute Gasteiger partial charge is 0.465 e. The molecule has 0 aliphatic carbocycles. The second-order valence-corrected chi connectivity index (χ2v) is 4.64. The van der Waals surface area contributed by atoms with Crippen LogP contribution in [0.1, 0.15) is 18.9 Å². The predicted molar refractivity (Wildman–Crippen MR) is 78.5 cm³/mol. The minimum Gasteiger partial charge on any atom is -0.465 e. The Bertz CT molecular complexity index is 407. The molecule has 4 heteroatoms. The Hall–Kier alpha value is -1.55. The van der Waals surface area contributed by atoms with Crippen LogP contribution in [0.15, 0.2) is 24.3 Å². The zero-order chi connectivity index (χ0) is 14.3. The Balaban J connectivity index is 2.52. The van der Waals surface area contributed by atoms with E-state index in [4.69, 9.17) is 4.74 Å². The first kappa shape index (κ1) is 15.5. The summed E-state index contributed by atoms with van der Waals surface area (Å²) in [6.07, 6.45) is 0.722. The molecule has 1 aromatic rings. The van der Waals surface area contributed by atoms with Gasteiger partial charge in [-0.25, -0.2) is 0 Å². The van der Waals surface area contributed by atoms with Crippen LogP contribution in [0.25, 0.3) is 0 Å². The second kappa shape index (κ2) is 7.79. The van der Waals surface area contributed by atoms with Crippen LogP contribution in [-0.4, -0.2) is 39.3 Å². The molecule has 1 rings (SSSR count). The smallest absolute Gasteiger partial charge is 0.323 e. The van der Waals surface area contributed by atoms with E-state index in [1.54, 1.807) is 7.05 Å². The fourth-order valence-electron chi connectivity index (χ4n) is 1.94. The third-order valence-electron chi connectivity index (χ3n) is 3.12. The standard InChI is InChI=1S/C15H24N2O2/c1-5-19-15(18)14(16-3)9-10-17(4)13-8-6-7-12(2)11-13/h6-8,11,14,16H,5,9-10H2,1-4H3. The molecule has 0 spiro atoms. The fourth-order valence-corrected chi connectivity index (χ4v) is 1.94. The topological polar surface area (TPSA) is 41.6 Å². The zero-order valence-corrected chi connectivity index (χ0v) is 12.3. The molecule has 0 aliphatic rings. The highest BCUT2D eigenvalue weighted by atomic mass is 16.5. The minimum atomic E-state index is -0.243. The van der Waals surface area contributed by atoms with Crippen LogP contribution >= 0.6 is 0 Å². The van der Waals surface area contributed by atoms with Crippen molar-refractivity contribution >= 4 is 11.7 Å². The molecule has 1 N–H and O–H groups in total. The number of carbonyl (C=O) groups excluding carboxylic acids is 1. The van der Waals surface area contributed by atoms with Crippen molar-refractivity contribution in [2.75, 3.05) is 32.1 Å². The SMILES string of the molecule is CCOC(=O)C(CCN(C)c1cccc(C)c1)NC. The van der Waals surface area contributed by atoms with Crippen LogP contribution in [0.2, 0.25) is 0 Å². The van der Waals surface area contributed by atoms with Crippen LogP contribution in [0.4, 0.5) is 5.69 Å². The first-order valence-corrected chi connectivity index (χ1v) is 6.70. The van der Waals surface area contributed by atoms with Gasteiger partial charge in [0.05, 0.1) is 6.61 Å². The number of rotatable bonds is 7. The number of nitrogens with one attached hydrogen (secondary N) is 1. The number of esters is 1. The zero-order valence-electron chi connectivity index (χ0n) is 12.3. The third kappa shape index (κ3) is 4.91. The van der Waals surface area contributed by atoms with E-state index in [2.05, 4.69) is 35.3 Å². The first-order valence-electron chi connectivity index (χ1n) is 6.70. The molecule has 0 saturated heterocycles. The Morgan fingerprint density at radius 2 is 2.21 bits per heavy atom. The summed E-state index contributed by atoms with van der Waals surface area (Å²) in [5, 5.41) is 3.00. The van der Waals surface area contributed by atoms with Crippen molar-refractivity contribution in [3.63, 3.8) is 0 Å². The average Bonchev–Trinajstić information content (AvgIpc) is 2.39. The van der Waals surface area contributed by atoms with Crippen molar-refractivity contribution in [1.82, 2.24) is 5.32 Å². The number of nitrogens with zero attached hydrogens (tertiary/aromatic N) is 1. The van der Waals surface area contributed by atoms with E-state index < -0.39 is 0 Å². The number of benzene rings is 1. The lowest BCUT2D eigenvalue weighted by Crippen LogP contribution is -2.38. The number of hydrogen-bond acceptors (Lipinski definition) is 4. The van der Waals surface area contributed by atoms with Crippen molar-refractivity contribution < 1.29 is 9.53 Å². The number of ether oxygens (including phenoxy) is 1. The molecule has 4 nitrogen and oxygen atoms in total. The maximum Gasteiger partial charge on any atom is 0.323 e. The second-order valence-electron chi connectivity index (χ2n) is 4.64. The van der Waals surface area contributed by atoms with E-state index in [9.17, 15) is 4.79 Å². The quantitative estimate of drug-likeness (QED) is 0.765. The Morgan fingerprint density at radius 1 is 1.47 bits per heavy atom. The number of carbonyl (C=O) groups is 1. The van der Waals surface area contributed by atoms with Crippen molar-refractivity contribution in [2.45, 2.75) is 26.3 Å². The molecule has 0 saturated carbocycles. The van der Waals surface area contributed by atoms with E-state index in [0.29, 0.717) is 6.61 Å². The van der Waals surface area contributed by atoms with Gasteiger partial charge in [0, 0.05) is 19.3 Å². The van der Waals surface area contributed by atoms with E-state index in [1.807, 2.05) is 20.0 Å². The van der Waals surface area contributed by atoms with Gasteiger partial charge >= 0.3 is 5.97 Å². The van der Waals surface area contributed by atoms with Gasteiger partial charge in [0.25, 0.3) is 0 Å². The van der Waals surface area contributed by atoms with Crippen LogP contribution in [-0.2, 0) is 9.53 Å². The van der Waals surface area contributed by atoms with Gasteiger partial charge in [-0.05, 0) is 45.0 Å². The van der Waals surface area contributed by atoms with Crippen molar-refractivity contribution in [1.29, 1.82) is 0 Å². The summed E-state index contributed by atoms with van der Waals surface area (Å²) >= 11 is 0. The average molecular weight is 264 g/mol. The van der Waals surface area contributed by atoms with E-state index in [1.165, 1.54) is 11.3 Å². The normalized spacial score (nSPS) is 12.0. The molecule has 0 radical (unpaired) electrons. The maximum absolute atomic E-state index is 11.7. The molecule has 0 aromatic heterocycles. The molecule has 19 heavy (non-hydrogen) atoms. The van der Waals surface area contributed by atoms with Gasteiger partial charge in [-0.2, -0.15) is 0 Å². The molecule has 1 unspecified atom stereocenters. The molecule has 0 bridgehead atoms. The molecular weight excluding hydrogens is 240 g/mol. The predicted octanol–water partition coefficient (Wildman–Crippen LogP) is 1.97. The summed E-state index contributed by atoms with van der Waals surface area (Å²) in [5.41, 5.74) is 2.40. The van der Waals surface area contributed by atoms with Crippen molar-refractivity contribution in [3.8, 4) is 0 Å². The van der Waals surface area contributed by atoms with Gasteiger partial charge in [0.1, 0.15) is 6.04 Å². The molecule has 1 aromatic carbocycles. The number of anilines is 1. The van der Waals surface area contributed by atoms with Crippen LogP contribution in [0.5, 0.6) is 0 Å². The molecule has 106 valence electrons. The van der Waals surface area contributed by atoms with Crippen LogP contribution in [0, 0.1) is 6.92 Å². The third-order valence-corrected chi connectivity index (χ3v) is 3.12. The molecule has 0 fully saturated rings. The summed E-state index contributed by atoms with van der Waals surface area (Å²) < 4.78 is 5.03. The summed E-state index contributed by atoms with van der Waals surface area (Å²) in [5.74, 6) is -0.178. The highest BCUT2D eigenvalue weighted by Crippen LogP contribution is 2.14. The lowest BCUT2D eigenvalue weighted by atomic mass is 10.1. The highest BCUT2D eigenvalue weighted by molar-refractivity contribution is 5.75. The Kier molecular flexibility index (Phi) is 6.36. The summed E-state index contributed by atoms with van der Waals surface area (Å²) in [6, 6.07) is 8.09. The summed E-state index contributed by atoms with van der Waals surface area (Å²) in [4.78, 5) is 13.8. The molecule has 1 atom stereocenters. The molecule has 0 aliphatic heterocycles. The van der Waals surface area contributed by atoms with Gasteiger partial charge < -0.3 is 15.0 Å². The number of aryl methyl sites for hydroxylation is 1. The Labute approximate surface area is 115 Å². The van der Waals surface area contributed by atoms with E-state index >= 15 is 0 Å².